The van der Waals surface area contributed by atoms with Gasteiger partial charge in [-0.3, -0.25) is 4.98 Å². The van der Waals surface area contributed by atoms with Gasteiger partial charge in [-0.15, -0.1) is 0 Å². The number of hydrogen-bond donors (Lipinski definition) is 0. The van der Waals surface area contributed by atoms with Crippen molar-refractivity contribution in [1.29, 1.82) is 0 Å². The Morgan fingerprint density at radius 2 is 1.77 bits per heavy atom. The zero-order valence-corrected chi connectivity index (χ0v) is 13.4. The Bertz CT molecular complexity index is 790. The molecule has 4 rings (SSSR count). The van der Waals surface area contributed by atoms with Gasteiger partial charge in [-0.25, -0.2) is 0 Å². The number of hydrogen-bond acceptors (Lipinski definition) is 5. The molecule has 5 heteroatoms. The zero-order chi connectivity index (χ0) is 14.9. The summed E-state index contributed by atoms with van der Waals surface area (Å²) in [6.07, 6.45) is 3.84. The molecule has 0 spiro atoms. The first-order valence-corrected chi connectivity index (χ1v) is 8.35. The van der Waals surface area contributed by atoms with Gasteiger partial charge in [0.05, 0.1) is 17.4 Å². The maximum atomic E-state index is 4.56. The van der Waals surface area contributed by atoms with Gasteiger partial charge in [0.1, 0.15) is 5.00 Å². The van der Waals surface area contributed by atoms with Crippen molar-refractivity contribution in [3.63, 3.8) is 0 Å². The Kier molecular flexibility index (Phi) is 3.42. The van der Waals surface area contributed by atoms with E-state index in [0.717, 1.165) is 31.7 Å². The molecule has 0 saturated carbocycles. The molecule has 112 valence electrons. The van der Waals surface area contributed by atoms with Gasteiger partial charge >= 0.3 is 0 Å². The number of benzene rings is 1. The average molecular weight is 310 g/mol. The maximum Gasteiger partial charge on any atom is 0.120 e. The van der Waals surface area contributed by atoms with Crippen LogP contribution in [0.2, 0.25) is 0 Å². The summed E-state index contributed by atoms with van der Waals surface area (Å²) in [5.41, 5.74) is 3.66. The predicted molar refractivity (Wildman–Crippen MR) is 93.0 cm³/mol. The third-order valence-electron chi connectivity index (χ3n) is 4.28. The number of fused-ring (bicyclic) bond motifs is 1. The van der Waals surface area contributed by atoms with Gasteiger partial charge in [0, 0.05) is 37.8 Å². The predicted octanol–water partition coefficient (Wildman–Crippen LogP) is 3.33. The zero-order valence-electron chi connectivity index (χ0n) is 12.6. The summed E-state index contributed by atoms with van der Waals surface area (Å²) >= 11 is 1.61. The lowest BCUT2D eigenvalue weighted by atomic mass is 10.2. The van der Waals surface area contributed by atoms with Crippen molar-refractivity contribution in [3.05, 3.63) is 48.3 Å². The number of aromatic nitrogens is 2. The number of anilines is 2. The van der Waals surface area contributed by atoms with E-state index < -0.39 is 0 Å². The Balaban J connectivity index is 1.54. The van der Waals surface area contributed by atoms with Crippen LogP contribution >= 0.6 is 11.5 Å². The normalized spacial score (nSPS) is 15.5. The lowest BCUT2D eigenvalue weighted by Crippen LogP contribution is -2.46. The van der Waals surface area contributed by atoms with Crippen molar-refractivity contribution in [2.24, 2.45) is 0 Å². The first-order chi connectivity index (χ1) is 10.8. The summed E-state index contributed by atoms with van der Waals surface area (Å²) in [7, 11) is 0. The molecular weight excluding hydrogens is 292 g/mol. The molecule has 1 fully saturated rings. The molecule has 0 atom stereocenters. The highest BCUT2D eigenvalue weighted by Crippen LogP contribution is 2.32. The highest BCUT2D eigenvalue weighted by Gasteiger charge is 2.21. The molecular formula is C17H18N4S. The molecule has 0 N–H and O–H groups in total. The van der Waals surface area contributed by atoms with E-state index in [1.54, 1.807) is 11.5 Å². The van der Waals surface area contributed by atoms with Crippen LogP contribution in [0.5, 0.6) is 0 Å². The molecule has 0 aliphatic carbocycles. The fraction of sp³-hybridized carbons (Fsp3) is 0.294. The van der Waals surface area contributed by atoms with Crippen molar-refractivity contribution >= 4 is 33.1 Å². The van der Waals surface area contributed by atoms with E-state index in [2.05, 4.69) is 56.4 Å². The molecule has 1 aliphatic rings. The van der Waals surface area contributed by atoms with Crippen LogP contribution in [0, 0.1) is 6.92 Å². The number of piperazine rings is 1. The van der Waals surface area contributed by atoms with Crippen LogP contribution in [-0.4, -0.2) is 35.5 Å². The minimum Gasteiger partial charge on any atom is -0.367 e. The van der Waals surface area contributed by atoms with E-state index in [9.17, 15) is 0 Å². The lowest BCUT2D eigenvalue weighted by Gasteiger charge is -2.37. The van der Waals surface area contributed by atoms with Gasteiger partial charge in [0.15, 0.2) is 0 Å². The topological polar surface area (TPSA) is 32.3 Å². The molecule has 3 heterocycles. The molecule has 0 unspecified atom stereocenters. The number of rotatable bonds is 2. The van der Waals surface area contributed by atoms with Crippen LogP contribution in [0.25, 0.3) is 10.9 Å². The molecule has 1 aliphatic heterocycles. The van der Waals surface area contributed by atoms with Crippen molar-refractivity contribution in [2.75, 3.05) is 36.0 Å². The van der Waals surface area contributed by atoms with E-state index in [4.69, 9.17) is 0 Å². The van der Waals surface area contributed by atoms with Gasteiger partial charge < -0.3 is 9.80 Å². The van der Waals surface area contributed by atoms with Crippen LogP contribution in [-0.2, 0) is 0 Å². The fourth-order valence-corrected chi connectivity index (χ4v) is 3.95. The van der Waals surface area contributed by atoms with Gasteiger partial charge in [-0.1, -0.05) is 12.1 Å². The Morgan fingerprint density at radius 3 is 2.59 bits per heavy atom. The van der Waals surface area contributed by atoms with Crippen molar-refractivity contribution < 1.29 is 0 Å². The molecule has 1 aromatic carbocycles. The lowest BCUT2D eigenvalue weighted by molar-refractivity contribution is 0.656. The standard InChI is InChI=1S/C17H18N4S/c1-13-6-7-18-12-16(13)20-8-10-21(11-9-20)17-14-4-2-3-5-15(14)19-22-17/h2-7,12H,8-11H2,1H3. The number of aryl methyl sites for hydroxylation is 1. The summed E-state index contributed by atoms with van der Waals surface area (Å²) in [6.45, 7) is 6.26. The molecule has 1 saturated heterocycles. The minimum atomic E-state index is 1.03. The Hall–Kier alpha value is -2.14. The Labute approximate surface area is 134 Å². The third-order valence-corrected chi connectivity index (χ3v) is 5.22. The smallest absolute Gasteiger partial charge is 0.120 e. The molecule has 4 nitrogen and oxygen atoms in total. The van der Waals surface area contributed by atoms with Gasteiger partial charge in [-0.05, 0) is 42.2 Å². The number of nitrogens with zero attached hydrogens (tertiary/aromatic N) is 4. The summed E-state index contributed by atoms with van der Waals surface area (Å²) in [6, 6.07) is 10.5. The molecule has 0 amide bonds. The monoisotopic (exact) mass is 310 g/mol. The highest BCUT2D eigenvalue weighted by molar-refractivity contribution is 7.11. The molecule has 3 aromatic rings. The second-order valence-corrected chi connectivity index (χ2v) is 6.39. The Morgan fingerprint density at radius 1 is 1.00 bits per heavy atom. The average Bonchev–Trinajstić information content (AvgIpc) is 3.00. The van der Waals surface area contributed by atoms with E-state index in [0.29, 0.717) is 0 Å². The summed E-state index contributed by atoms with van der Waals surface area (Å²) in [5, 5.41) is 2.58. The van der Waals surface area contributed by atoms with E-state index in [1.165, 1.54) is 21.6 Å². The molecule has 0 radical (unpaired) electrons. The van der Waals surface area contributed by atoms with Crippen LogP contribution < -0.4 is 9.80 Å². The molecule has 0 bridgehead atoms. The van der Waals surface area contributed by atoms with Crippen LogP contribution in [0.3, 0.4) is 0 Å². The van der Waals surface area contributed by atoms with E-state index in [1.807, 2.05) is 12.4 Å². The second kappa shape index (κ2) is 5.57. The summed E-state index contributed by atoms with van der Waals surface area (Å²) < 4.78 is 4.56. The summed E-state index contributed by atoms with van der Waals surface area (Å²) in [4.78, 5) is 9.16. The van der Waals surface area contributed by atoms with Gasteiger partial charge in [0.25, 0.3) is 0 Å². The quantitative estimate of drug-likeness (QED) is 0.727. The largest absolute Gasteiger partial charge is 0.367 e. The van der Waals surface area contributed by atoms with E-state index >= 15 is 0 Å². The second-order valence-electron chi connectivity index (χ2n) is 5.64. The maximum absolute atomic E-state index is 4.56. The molecule has 22 heavy (non-hydrogen) atoms. The van der Waals surface area contributed by atoms with Gasteiger partial charge in [0.2, 0.25) is 0 Å². The number of pyridine rings is 1. The molecule has 2 aromatic heterocycles. The van der Waals surface area contributed by atoms with Crippen LogP contribution in [0.1, 0.15) is 5.56 Å². The summed E-state index contributed by atoms with van der Waals surface area (Å²) in [5.74, 6) is 0. The van der Waals surface area contributed by atoms with Crippen molar-refractivity contribution in [2.45, 2.75) is 6.92 Å². The SMILES string of the molecule is Cc1ccncc1N1CCN(c2snc3ccccc23)CC1. The van der Waals surface area contributed by atoms with Crippen molar-refractivity contribution in [1.82, 2.24) is 9.36 Å². The van der Waals surface area contributed by atoms with Crippen LogP contribution in [0.15, 0.2) is 42.7 Å². The first kappa shape index (κ1) is 13.5. The fourth-order valence-electron chi connectivity index (χ4n) is 3.04. The van der Waals surface area contributed by atoms with Crippen LogP contribution in [0.4, 0.5) is 10.7 Å². The van der Waals surface area contributed by atoms with Gasteiger partial charge in [-0.2, -0.15) is 4.37 Å². The van der Waals surface area contributed by atoms with Crippen molar-refractivity contribution in [3.8, 4) is 0 Å². The van der Waals surface area contributed by atoms with E-state index in [-0.39, 0.29) is 0 Å². The first-order valence-electron chi connectivity index (χ1n) is 7.58. The third kappa shape index (κ3) is 2.31. The minimum absolute atomic E-state index is 1.03. The highest BCUT2D eigenvalue weighted by atomic mass is 32.1.